The van der Waals surface area contributed by atoms with E-state index >= 15 is 0 Å². The van der Waals surface area contributed by atoms with Crippen LogP contribution in [0.1, 0.15) is 44.4 Å². The van der Waals surface area contributed by atoms with Gasteiger partial charge >= 0.3 is 12.1 Å². The standard InChI is InChI=1S/C26H31N3O6/c1-16-10-8-9-13-19(16)28-22(31)18-14-26(23(32)33,29-21(18)17-11-6-5-7-12-17)20(30)15-27-24(34)35-25(2,3)4/h5-13,18,21,29H,14-15H2,1-4H3,(H,27,34)(H,28,31)(H,32,33). The number of nitrogens with one attached hydrogen (secondary N) is 3. The number of aryl methyl sites for hydroxylation is 1. The van der Waals surface area contributed by atoms with E-state index in [0.29, 0.717) is 11.3 Å². The molecular weight excluding hydrogens is 450 g/mol. The highest BCUT2D eigenvalue weighted by Gasteiger charge is 2.57. The van der Waals surface area contributed by atoms with Crippen molar-refractivity contribution in [2.24, 2.45) is 5.92 Å². The number of aliphatic carboxylic acids is 1. The summed E-state index contributed by atoms with van der Waals surface area (Å²) in [6.07, 6.45) is -1.12. The maximum atomic E-state index is 13.4. The van der Waals surface area contributed by atoms with Gasteiger partial charge in [0.25, 0.3) is 0 Å². The van der Waals surface area contributed by atoms with E-state index in [-0.39, 0.29) is 6.42 Å². The fourth-order valence-corrected chi connectivity index (χ4v) is 4.11. The van der Waals surface area contributed by atoms with Crippen LogP contribution < -0.4 is 16.0 Å². The second-order valence-corrected chi connectivity index (χ2v) is 9.64. The summed E-state index contributed by atoms with van der Waals surface area (Å²) < 4.78 is 5.14. The van der Waals surface area contributed by atoms with Crippen molar-refractivity contribution >= 4 is 29.4 Å². The second kappa shape index (κ2) is 10.3. The Bertz CT molecular complexity index is 1110. The molecule has 1 heterocycles. The molecule has 2 aromatic rings. The highest BCUT2D eigenvalue weighted by Crippen LogP contribution is 2.40. The smallest absolute Gasteiger partial charge is 0.408 e. The van der Waals surface area contributed by atoms with E-state index in [2.05, 4.69) is 16.0 Å². The first-order chi connectivity index (χ1) is 16.4. The zero-order valence-electron chi connectivity index (χ0n) is 20.3. The van der Waals surface area contributed by atoms with Gasteiger partial charge in [-0.2, -0.15) is 0 Å². The highest BCUT2D eigenvalue weighted by molar-refractivity contribution is 6.11. The van der Waals surface area contributed by atoms with Crippen LogP contribution in [0, 0.1) is 12.8 Å². The van der Waals surface area contributed by atoms with Crippen molar-refractivity contribution in [1.82, 2.24) is 10.6 Å². The molecule has 0 aromatic heterocycles. The van der Waals surface area contributed by atoms with Crippen LogP contribution in [0.4, 0.5) is 10.5 Å². The zero-order chi connectivity index (χ0) is 25.8. The molecule has 1 aliphatic heterocycles. The van der Waals surface area contributed by atoms with Gasteiger partial charge < -0.3 is 20.5 Å². The van der Waals surface area contributed by atoms with Gasteiger partial charge in [0, 0.05) is 11.7 Å². The van der Waals surface area contributed by atoms with E-state index in [1.807, 2.05) is 19.1 Å². The first kappa shape index (κ1) is 25.9. The van der Waals surface area contributed by atoms with E-state index in [0.717, 1.165) is 5.56 Å². The van der Waals surface area contributed by atoms with Crippen LogP contribution in [-0.4, -0.2) is 46.5 Å². The van der Waals surface area contributed by atoms with Gasteiger partial charge in [-0.3, -0.25) is 14.9 Å². The molecule has 0 bridgehead atoms. The molecule has 1 saturated heterocycles. The van der Waals surface area contributed by atoms with E-state index < -0.39 is 53.4 Å². The van der Waals surface area contributed by atoms with Crippen molar-refractivity contribution in [3.8, 4) is 0 Å². The lowest BCUT2D eigenvalue weighted by Gasteiger charge is -2.25. The van der Waals surface area contributed by atoms with Gasteiger partial charge in [-0.1, -0.05) is 48.5 Å². The van der Waals surface area contributed by atoms with Gasteiger partial charge in [0.05, 0.1) is 12.5 Å². The number of benzene rings is 2. The number of carboxylic acids is 1. The third-order valence-corrected chi connectivity index (χ3v) is 5.86. The van der Waals surface area contributed by atoms with E-state index in [1.54, 1.807) is 63.2 Å². The fraction of sp³-hybridized carbons (Fsp3) is 0.385. The summed E-state index contributed by atoms with van der Waals surface area (Å²) in [7, 11) is 0. The van der Waals surface area contributed by atoms with Crippen LogP contribution in [-0.2, 0) is 19.1 Å². The highest BCUT2D eigenvalue weighted by atomic mass is 16.6. The van der Waals surface area contributed by atoms with E-state index in [9.17, 15) is 24.3 Å². The number of Topliss-reactive ketones (excluding diaryl/α,β-unsaturated/α-hetero) is 1. The molecule has 2 amide bonds. The molecule has 4 N–H and O–H groups in total. The summed E-state index contributed by atoms with van der Waals surface area (Å²) in [4.78, 5) is 51.0. The minimum atomic E-state index is -2.07. The lowest BCUT2D eigenvalue weighted by molar-refractivity contribution is -0.149. The summed E-state index contributed by atoms with van der Waals surface area (Å²) in [5.74, 6) is -3.46. The number of rotatable bonds is 7. The topological polar surface area (TPSA) is 134 Å². The van der Waals surface area contributed by atoms with Gasteiger partial charge in [-0.15, -0.1) is 0 Å². The number of ketones is 1. The number of para-hydroxylation sites is 1. The molecule has 35 heavy (non-hydrogen) atoms. The second-order valence-electron chi connectivity index (χ2n) is 9.64. The lowest BCUT2D eigenvalue weighted by Crippen LogP contribution is -2.57. The molecule has 3 unspecified atom stereocenters. The predicted molar refractivity (Wildman–Crippen MR) is 130 cm³/mol. The normalized spacial score (nSPS) is 21.7. The van der Waals surface area contributed by atoms with Crippen molar-refractivity contribution in [3.05, 3.63) is 65.7 Å². The summed E-state index contributed by atoms with van der Waals surface area (Å²) in [5.41, 5.74) is -0.711. The first-order valence-electron chi connectivity index (χ1n) is 11.4. The maximum Gasteiger partial charge on any atom is 0.408 e. The Kier molecular flexibility index (Phi) is 7.60. The monoisotopic (exact) mass is 481 g/mol. The summed E-state index contributed by atoms with van der Waals surface area (Å²) in [6.45, 7) is 6.31. The Balaban J connectivity index is 1.88. The van der Waals surface area contributed by atoms with Crippen molar-refractivity contribution in [2.75, 3.05) is 11.9 Å². The first-order valence-corrected chi connectivity index (χ1v) is 11.4. The number of amides is 2. The number of alkyl carbamates (subject to hydrolysis) is 1. The van der Waals surface area contributed by atoms with Gasteiger partial charge in [0.1, 0.15) is 5.60 Å². The SMILES string of the molecule is Cc1ccccc1NC(=O)C1CC(C(=O)O)(C(=O)CNC(=O)OC(C)(C)C)NC1c1ccccc1. The van der Waals surface area contributed by atoms with Crippen LogP contribution in [0.3, 0.4) is 0 Å². The average Bonchev–Trinajstić information content (AvgIpc) is 3.21. The van der Waals surface area contributed by atoms with E-state index in [4.69, 9.17) is 4.74 Å². The third-order valence-electron chi connectivity index (χ3n) is 5.86. The number of carbonyl (C=O) groups excluding carboxylic acids is 3. The predicted octanol–water partition coefficient (Wildman–Crippen LogP) is 3.20. The molecule has 3 atom stereocenters. The number of carboxylic acid groups (broad SMARTS) is 1. The Labute approximate surface area is 204 Å². The molecule has 0 aliphatic carbocycles. The number of hydrogen-bond donors (Lipinski definition) is 4. The van der Waals surface area contributed by atoms with Gasteiger partial charge in [-0.25, -0.2) is 9.59 Å². The quantitative estimate of drug-likeness (QED) is 0.446. The summed E-state index contributed by atoms with van der Waals surface area (Å²) in [6, 6.07) is 15.4. The minimum absolute atomic E-state index is 0.283. The van der Waals surface area contributed by atoms with Gasteiger partial charge in [0.2, 0.25) is 5.91 Å². The molecular formula is C26H31N3O6. The van der Waals surface area contributed by atoms with Crippen LogP contribution >= 0.6 is 0 Å². The molecule has 1 aliphatic rings. The van der Waals surface area contributed by atoms with Crippen molar-refractivity contribution in [2.45, 2.75) is 51.3 Å². The van der Waals surface area contributed by atoms with Crippen molar-refractivity contribution in [1.29, 1.82) is 0 Å². The van der Waals surface area contributed by atoms with Crippen LogP contribution in [0.5, 0.6) is 0 Å². The number of carbonyl (C=O) groups is 4. The van der Waals surface area contributed by atoms with Crippen LogP contribution in [0.2, 0.25) is 0 Å². The minimum Gasteiger partial charge on any atom is -0.480 e. The molecule has 0 radical (unpaired) electrons. The molecule has 9 nitrogen and oxygen atoms in total. The van der Waals surface area contributed by atoms with Crippen LogP contribution in [0.25, 0.3) is 0 Å². The van der Waals surface area contributed by atoms with Gasteiger partial charge in [-0.05, 0) is 51.3 Å². The molecule has 2 aromatic carbocycles. The number of anilines is 1. The third kappa shape index (κ3) is 6.05. The fourth-order valence-electron chi connectivity index (χ4n) is 4.11. The average molecular weight is 482 g/mol. The maximum absolute atomic E-state index is 13.4. The molecule has 0 spiro atoms. The molecule has 9 heteroatoms. The Morgan fingerprint density at radius 2 is 1.69 bits per heavy atom. The van der Waals surface area contributed by atoms with Gasteiger partial charge in [0.15, 0.2) is 11.3 Å². The van der Waals surface area contributed by atoms with Crippen molar-refractivity contribution < 1.29 is 29.0 Å². The van der Waals surface area contributed by atoms with Crippen molar-refractivity contribution in [3.63, 3.8) is 0 Å². The Morgan fingerprint density at radius 3 is 2.29 bits per heavy atom. The Hall–Kier alpha value is -3.72. The molecule has 3 rings (SSSR count). The summed E-state index contributed by atoms with van der Waals surface area (Å²) in [5, 5.41) is 18.2. The summed E-state index contributed by atoms with van der Waals surface area (Å²) >= 11 is 0. The number of hydrogen-bond acceptors (Lipinski definition) is 6. The lowest BCUT2D eigenvalue weighted by atomic mass is 9.86. The Morgan fingerprint density at radius 1 is 1.06 bits per heavy atom. The zero-order valence-corrected chi connectivity index (χ0v) is 20.3. The largest absolute Gasteiger partial charge is 0.480 e. The molecule has 186 valence electrons. The number of ether oxygens (including phenoxy) is 1. The van der Waals surface area contributed by atoms with Crippen LogP contribution in [0.15, 0.2) is 54.6 Å². The molecule has 1 fully saturated rings. The van der Waals surface area contributed by atoms with E-state index in [1.165, 1.54) is 0 Å². The molecule has 0 saturated carbocycles.